The van der Waals surface area contributed by atoms with Crippen LogP contribution in [0, 0.1) is 24.0 Å². The number of benzene rings is 3. The van der Waals surface area contributed by atoms with E-state index in [1.807, 2.05) is 62.4 Å². The number of nitrogens with zero attached hydrogens (tertiary/aromatic N) is 1. The summed E-state index contributed by atoms with van der Waals surface area (Å²) in [4.78, 5) is 37.8. The van der Waals surface area contributed by atoms with Crippen LogP contribution in [0.15, 0.2) is 76.3 Å². The van der Waals surface area contributed by atoms with E-state index in [2.05, 4.69) is 20.4 Å². The third kappa shape index (κ3) is 4.41. The molecule has 2 heterocycles. The second kappa shape index (κ2) is 9.44. The number of hydrogen-bond acceptors (Lipinski definition) is 4. The maximum atomic E-state index is 13.3. The maximum Gasteiger partial charge on any atom is 0.269 e. The minimum Gasteiger partial charge on any atom is -0.297 e. The summed E-state index contributed by atoms with van der Waals surface area (Å²) >= 11 is 6.60. The zero-order valence-corrected chi connectivity index (χ0v) is 20.6. The van der Waals surface area contributed by atoms with E-state index in [9.17, 15) is 19.7 Å². The Hall–Kier alpha value is -4.63. The normalized spacial score (nSPS) is 11.2. The summed E-state index contributed by atoms with van der Waals surface area (Å²) in [5.41, 5.74) is 3.90. The Labute approximate surface area is 215 Å². The third-order valence-electron chi connectivity index (χ3n) is 6.39. The zero-order valence-electron chi connectivity index (χ0n) is 19.9. The molecule has 0 unspecified atom stereocenters. The molecule has 0 radical (unpaired) electrons. The van der Waals surface area contributed by atoms with E-state index in [0.29, 0.717) is 22.5 Å². The molecule has 0 bridgehead atoms. The van der Waals surface area contributed by atoms with E-state index in [-0.39, 0.29) is 27.4 Å². The van der Waals surface area contributed by atoms with Crippen molar-refractivity contribution >= 4 is 17.3 Å². The van der Waals surface area contributed by atoms with Gasteiger partial charge in [-0.15, -0.1) is 0 Å². The van der Waals surface area contributed by atoms with Gasteiger partial charge in [-0.2, -0.15) is 0 Å². The molecule has 0 saturated heterocycles. The molecule has 5 aromatic rings. The van der Waals surface area contributed by atoms with Crippen LogP contribution in [0.2, 0.25) is 5.02 Å². The number of non-ortho nitro benzene ring substituents is 1. The van der Waals surface area contributed by atoms with Crippen molar-refractivity contribution in [3.8, 4) is 22.5 Å². The lowest BCUT2D eigenvalue weighted by molar-refractivity contribution is -0.384. The quantitative estimate of drug-likeness (QED) is 0.177. The SMILES string of the molecule is Cc1ccc(-c2[nH][nH]c(=O)c2C(c2cc([N+](=O)[O-])ccc2Cl)c2c(-c3ccc(C)cc3)[nH][nH]c2=O)cc1. The van der Waals surface area contributed by atoms with Gasteiger partial charge in [0.1, 0.15) is 0 Å². The highest BCUT2D eigenvalue weighted by Crippen LogP contribution is 2.41. The fourth-order valence-corrected chi connectivity index (χ4v) is 4.73. The Balaban J connectivity index is 1.85. The van der Waals surface area contributed by atoms with Gasteiger partial charge in [0.2, 0.25) is 0 Å². The largest absolute Gasteiger partial charge is 0.297 e. The smallest absolute Gasteiger partial charge is 0.269 e. The topological polar surface area (TPSA) is 140 Å². The second-order valence-corrected chi connectivity index (χ2v) is 9.27. The summed E-state index contributed by atoms with van der Waals surface area (Å²) in [6.07, 6.45) is 0. The number of rotatable bonds is 6. The summed E-state index contributed by atoms with van der Waals surface area (Å²) in [5.74, 6) is -1.04. The number of H-pyrrole nitrogens is 4. The van der Waals surface area contributed by atoms with Crippen molar-refractivity contribution in [2.45, 2.75) is 19.8 Å². The molecule has 4 N–H and O–H groups in total. The average molecular weight is 516 g/mol. The number of nitro groups is 1. The van der Waals surface area contributed by atoms with E-state index < -0.39 is 22.0 Å². The zero-order chi connectivity index (χ0) is 26.3. The van der Waals surface area contributed by atoms with Crippen molar-refractivity contribution in [2.24, 2.45) is 0 Å². The van der Waals surface area contributed by atoms with Crippen LogP contribution in [0.5, 0.6) is 0 Å². The lowest BCUT2D eigenvalue weighted by Gasteiger charge is -2.19. The Kier molecular flexibility index (Phi) is 6.14. The maximum absolute atomic E-state index is 13.3. The minimum atomic E-state index is -1.04. The van der Waals surface area contributed by atoms with Crippen LogP contribution < -0.4 is 11.1 Å². The number of aryl methyl sites for hydroxylation is 2. The molecule has 0 saturated carbocycles. The first-order valence-electron chi connectivity index (χ1n) is 11.4. The summed E-state index contributed by atoms with van der Waals surface area (Å²) in [6, 6.07) is 19.0. The van der Waals surface area contributed by atoms with E-state index in [4.69, 9.17) is 11.6 Å². The first-order valence-corrected chi connectivity index (χ1v) is 11.8. The molecule has 37 heavy (non-hydrogen) atoms. The van der Waals surface area contributed by atoms with Crippen LogP contribution in [-0.4, -0.2) is 25.3 Å². The predicted octanol–water partition coefficient (Wildman–Crippen LogP) is 5.41. The third-order valence-corrected chi connectivity index (χ3v) is 6.73. The van der Waals surface area contributed by atoms with E-state index >= 15 is 0 Å². The highest BCUT2D eigenvalue weighted by Gasteiger charge is 2.33. The first-order chi connectivity index (χ1) is 17.7. The van der Waals surface area contributed by atoms with Crippen molar-refractivity contribution in [1.82, 2.24) is 20.4 Å². The van der Waals surface area contributed by atoms with Crippen LogP contribution in [0.4, 0.5) is 5.69 Å². The molecule has 0 atom stereocenters. The standard InChI is InChI=1S/C27H22ClN5O4/c1-14-3-7-16(8-4-14)24-22(26(34)31-29-24)21(19-13-18(33(36)37)11-12-20(19)28)23-25(30-32-27(23)35)17-9-5-15(2)6-10-17/h3-13,21H,1-2H3,(H2,29,31,34)(H2,30,32,35). The van der Waals surface area contributed by atoms with Gasteiger partial charge in [0.05, 0.1) is 33.4 Å². The lowest BCUT2D eigenvalue weighted by atomic mass is 9.82. The van der Waals surface area contributed by atoms with Crippen LogP contribution in [0.3, 0.4) is 0 Å². The molecule has 0 aliphatic carbocycles. The van der Waals surface area contributed by atoms with Gasteiger partial charge in [0.25, 0.3) is 16.8 Å². The van der Waals surface area contributed by atoms with Gasteiger partial charge in [0.15, 0.2) is 0 Å². The fraction of sp³-hybridized carbons (Fsp3) is 0.111. The monoisotopic (exact) mass is 515 g/mol. The van der Waals surface area contributed by atoms with E-state index in [0.717, 1.165) is 11.1 Å². The molecule has 2 aromatic heterocycles. The number of aromatic nitrogens is 4. The van der Waals surface area contributed by atoms with Gasteiger partial charge in [-0.1, -0.05) is 71.3 Å². The molecule has 0 fully saturated rings. The van der Waals surface area contributed by atoms with E-state index in [1.165, 1.54) is 18.2 Å². The van der Waals surface area contributed by atoms with Crippen molar-refractivity contribution in [2.75, 3.05) is 0 Å². The minimum absolute atomic E-state index is 0.182. The molecular formula is C27H22ClN5O4. The first kappa shape index (κ1) is 24.1. The molecule has 10 heteroatoms. The highest BCUT2D eigenvalue weighted by molar-refractivity contribution is 6.31. The van der Waals surface area contributed by atoms with Crippen molar-refractivity contribution in [3.05, 3.63) is 130 Å². The van der Waals surface area contributed by atoms with Gasteiger partial charge in [-0.3, -0.25) is 40.1 Å². The number of aromatic amines is 4. The van der Waals surface area contributed by atoms with E-state index in [1.54, 1.807) is 0 Å². The van der Waals surface area contributed by atoms with Crippen molar-refractivity contribution in [3.63, 3.8) is 0 Å². The van der Waals surface area contributed by atoms with Gasteiger partial charge in [-0.25, -0.2) is 0 Å². The summed E-state index contributed by atoms with van der Waals surface area (Å²) in [6.45, 7) is 3.90. The van der Waals surface area contributed by atoms with Crippen LogP contribution >= 0.6 is 11.6 Å². The van der Waals surface area contributed by atoms with Crippen molar-refractivity contribution < 1.29 is 4.92 Å². The van der Waals surface area contributed by atoms with Crippen LogP contribution in [-0.2, 0) is 0 Å². The van der Waals surface area contributed by atoms with Gasteiger partial charge >= 0.3 is 0 Å². The Morgan fingerprint density at radius 1 is 0.730 bits per heavy atom. The summed E-state index contributed by atoms with van der Waals surface area (Å²) < 4.78 is 0. The fourth-order valence-electron chi connectivity index (χ4n) is 4.50. The summed E-state index contributed by atoms with van der Waals surface area (Å²) in [7, 11) is 0. The molecule has 0 aliphatic heterocycles. The molecule has 186 valence electrons. The highest BCUT2D eigenvalue weighted by atomic mass is 35.5. The lowest BCUT2D eigenvalue weighted by Crippen LogP contribution is -2.20. The number of nitrogens with one attached hydrogen (secondary N) is 4. The second-order valence-electron chi connectivity index (χ2n) is 8.86. The predicted molar refractivity (Wildman–Crippen MR) is 142 cm³/mol. The number of hydrogen-bond donors (Lipinski definition) is 4. The van der Waals surface area contributed by atoms with Gasteiger partial charge in [0, 0.05) is 17.2 Å². The Morgan fingerprint density at radius 2 is 1.19 bits per heavy atom. The molecule has 0 aliphatic rings. The number of nitro benzene ring substituents is 1. The molecule has 3 aromatic carbocycles. The molecule has 0 amide bonds. The number of halogens is 1. The Morgan fingerprint density at radius 3 is 1.62 bits per heavy atom. The average Bonchev–Trinajstić information content (AvgIpc) is 3.44. The van der Waals surface area contributed by atoms with Gasteiger partial charge in [-0.05, 0) is 36.6 Å². The van der Waals surface area contributed by atoms with Crippen molar-refractivity contribution in [1.29, 1.82) is 0 Å². The van der Waals surface area contributed by atoms with Crippen LogP contribution in [0.1, 0.15) is 33.7 Å². The summed E-state index contributed by atoms with van der Waals surface area (Å²) in [5, 5.41) is 22.9. The molecule has 5 rings (SSSR count). The van der Waals surface area contributed by atoms with Gasteiger partial charge < -0.3 is 0 Å². The molecule has 0 spiro atoms. The molecule has 9 nitrogen and oxygen atoms in total. The Bertz CT molecular complexity index is 1630. The van der Waals surface area contributed by atoms with Crippen LogP contribution in [0.25, 0.3) is 22.5 Å². The molecular weight excluding hydrogens is 494 g/mol.